The Bertz CT molecular complexity index is 864. The first-order valence-corrected chi connectivity index (χ1v) is 6.84. The molecule has 0 atom stereocenters. The molecule has 0 N–H and O–H groups in total. The van der Waals surface area contributed by atoms with E-state index in [4.69, 9.17) is 0 Å². The fraction of sp³-hybridized carbons (Fsp3) is 0.0500. The van der Waals surface area contributed by atoms with Crippen LogP contribution >= 0.6 is 0 Å². The van der Waals surface area contributed by atoms with E-state index in [1.54, 1.807) is 6.92 Å². The number of Topliss-reactive ketones (excluding diaryl/α,β-unsaturated/α-hetero) is 1. The van der Waals surface area contributed by atoms with E-state index in [0.717, 1.165) is 27.5 Å². The van der Waals surface area contributed by atoms with Crippen LogP contribution in [0.3, 0.4) is 0 Å². The largest absolute Gasteiger partial charge is 0.295 e. The summed E-state index contributed by atoms with van der Waals surface area (Å²) in [5.74, 6) is 6.41. The zero-order valence-electron chi connectivity index (χ0n) is 11.8. The lowest BCUT2D eigenvalue weighted by molar-refractivity contribution is 0.101. The minimum atomic E-state index is 0.0878. The van der Waals surface area contributed by atoms with E-state index in [1.165, 1.54) is 0 Å². The minimum Gasteiger partial charge on any atom is -0.295 e. The van der Waals surface area contributed by atoms with E-state index in [-0.39, 0.29) is 5.78 Å². The first-order chi connectivity index (χ1) is 10.2. The van der Waals surface area contributed by atoms with Crippen LogP contribution in [0.5, 0.6) is 0 Å². The van der Waals surface area contributed by atoms with Crippen molar-refractivity contribution in [2.45, 2.75) is 6.92 Å². The Hall–Kier alpha value is -2.85. The Balaban J connectivity index is 1.97. The van der Waals surface area contributed by atoms with Gasteiger partial charge in [-0.1, -0.05) is 48.2 Å². The first-order valence-electron chi connectivity index (χ1n) is 6.84. The van der Waals surface area contributed by atoms with Gasteiger partial charge in [-0.05, 0) is 48.0 Å². The van der Waals surface area contributed by atoms with Crippen molar-refractivity contribution in [2.75, 3.05) is 0 Å². The Morgan fingerprint density at radius 2 is 1.43 bits per heavy atom. The third-order valence-electron chi connectivity index (χ3n) is 3.37. The molecule has 0 radical (unpaired) electrons. The van der Waals surface area contributed by atoms with Crippen LogP contribution in [0.15, 0.2) is 66.7 Å². The topological polar surface area (TPSA) is 17.1 Å². The van der Waals surface area contributed by atoms with Gasteiger partial charge in [-0.25, -0.2) is 0 Å². The maximum Gasteiger partial charge on any atom is 0.159 e. The zero-order chi connectivity index (χ0) is 14.7. The van der Waals surface area contributed by atoms with E-state index >= 15 is 0 Å². The van der Waals surface area contributed by atoms with E-state index in [2.05, 4.69) is 17.9 Å². The van der Waals surface area contributed by atoms with Crippen LogP contribution in [0.25, 0.3) is 10.8 Å². The monoisotopic (exact) mass is 270 g/mol. The van der Waals surface area contributed by atoms with E-state index in [0.29, 0.717) is 0 Å². The second-order valence-electron chi connectivity index (χ2n) is 4.95. The van der Waals surface area contributed by atoms with Crippen LogP contribution in [-0.2, 0) is 0 Å². The SMILES string of the molecule is CC(=O)c1ccc2cc(C#Cc3ccccc3)ccc2c1. The van der Waals surface area contributed by atoms with E-state index < -0.39 is 0 Å². The smallest absolute Gasteiger partial charge is 0.159 e. The van der Waals surface area contributed by atoms with Gasteiger partial charge >= 0.3 is 0 Å². The molecule has 0 heterocycles. The molecule has 1 nitrogen and oxygen atoms in total. The molecule has 0 fully saturated rings. The molecular formula is C20H14O. The van der Waals surface area contributed by atoms with Gasteiger partial charge in [0.15, 0.2) is 5.78 Å². The molecule has 3 aromatic carbocycles. The predicted octanol–water partition coefficient (Wildman–Crippen LogP) is 4.44. The molecule has 3 rings (SSSR count). The maximum absolute atomic E-state index is 11.4. The highest BCUT2D eigenvalue weighted by molar-refractivity contribution is 5.98. The second-order valence-corrected chi connectivity index (χ2v) is 4.95. The summed E-state index contributed by atoms with van der Waals surface area (Å²) < 4.78 is 0. The molecule has 0 saturated carbocycles. The van der Waals surface area contributed by atoms with Crippen LogP contribution in [-0.4, -0.2) is 5.78 Å². The number of rotatable bonds is 1. The molecule has 21 heavy (non-hydrogen) atoms. The Morgan fingerprint density at radius 1 is 0.762 bits per heavy atom. The van der Waals surface area contributed by atoms with Crippen LogP contribution < -0.4 is 0 Å². The fourth-order valence-electron chi connectivity index (χ4n) is 2.21. The van der Waals surface area contributed by atoms with Gasteiger partial charge in [-0.15, -0.1) is 0 Å². The summed E-state index contributed by atoms with van der Waals surface area (Å²) >= 11 is 0. The normalized spacial score (nSPS) is 9.95. The Kier molecular flexibility index (Phi) is 3.53. The molecule has 3 aromatic rings. The molecule has 0 aliphatic heterocycles. The molecule has 0 spiro atoms. The van der Waals surface area contributed by atoms with Gasteiger partial charge in [0, 0.05) is 16.7 Å². The molecule has 0 aromatic heterocycles. The third-order valence-corrected chi connectivity index (χ3v) is 3.37. The zero-order valence-corrected chi connectivity index (χ0v) is 11.8. The van der Waals surface area contributed by atoms with Crippen molar-refractivity contribution in [1.29, 1.82) is 0 Å². The van der Waals surface area contributed by atoms with Crippen molar-refractivity contribution in [3.05, 3.63) is 83.4 Å². The van der Waals surface area contributed by atoms with Crippen molar-refractivity contribution >= 4 is 16.6 Å². The second kappa shape index (κ2) is 5.64. The molecule has 0 saturated heterocycles. The van der Waals surface area contributed by atoms with Crippen LogP contribution in [0.1, 0.15) is 28.4 Å². The number of ketones is 1. The summed E-state index contributed by atoms with van der Waals surface area (Å²) in [6, 6.07) is 21.7. The number of carbonyl (C=O) groups is 1. The van der Waals surface area contributed by atoms with Crippen LogP contribution in [0.4, 0.5) is 0 Å². The molecule has 0 amide bonds. The molecule has 0 bridgehead atoms. The standard InChI is InChI=1S/C20H14O/c1-15(21)18-11-12-19-13-17(9-10-20(19)14-18)8-7-16-5-3-2-4-6-16/h2-6,9-14H,1H3. The highest BCUT2D eigenvalue weighted by atomic mass is 16.1. The van der Waals surface area contributed by atoms with E-state index in [1.807, 2.05) is 60.7 Å². The van der Waals surface area contributed by atoms with Crippen LogP contribution in [0, 0.1) is 11.8 Å². The quantitative estimate of drug-likeness (QED) is 0.472. The van der Waals surface area contributed by atoms with Gasteiger partial charge in [-0.2, -0.15) is 0 Å². The summed E-state index contributed by atoms with van der Waals surface area (Å²) in [7, 11) is 0. The van der Waals surface area contributed by atoms with Crippen molar-refractivity contribution in [3.63, 3.8) is 0 Å². The molecule has 100 valence electrons. The summed E-state index contributed by atoms with van der Waals surface area (Å²) in [5, 5.41) is 2.16. The average Bonchev–Trinajstić information content (AvgIpc) is 2.53. The summed E-state index contributed by atoms with van der Waals surface area (Å²) in [4.78, 5) is 11.4. The van der Waals surface area contributed by atoms with Crippen molar-refractivity contribution in [3.8, 4) is 11.8 Å². The lowest BCUT2D eigenvalue weighted by Gasteiger charge is -2.01. The molecule has 1 heteroatoms. The predicted molar refractivity (Wildman–Crippen MR) is 86.4 cm³/mol. The average molecular weight is 270 g/mol. The van der Waals surface area contributed by atoms with Crippen molar-refractivity contribution in [1.82, 2.24) is 0 Å². The highest BCUT2D eigenvalue weighted by Crippen LogP contribution is 2.18. The van der Waals surface area contributed by atoms with Crippen molar-refractivity contribution in [2.24, 2.45) is 0 Å². The summed E-state index contributed by atoms with van der Waals surface area (Å²) in [5.41, 5.74) is 2.72. The molecule has 0 aliphatic rings. The summed E-state index contributed by atoms with van der Waals surface area (Å²) in [6.07, 6.45) is 0. The maximum atomic E-state index is 11.4. The highest BCUT2D eigenvalue weighted by Gasteiger charge is 2.01. The van der Waals surface area contributed by atoms with Crippen molar-refractivity contribution < 1.29 is 4.79 Å². The molecular weight excluding hydrogens is 256 g/mol. The number of hydrogen-bond donors (Lipinski definition) is 0. The van der Waals surface area contributed by atoms with Gasteiger partial charge in [0.2, 0.25) is 0 Å². The minimum absolute atomic E-state index is 0.0878. The van der Waals surface area contributed by atoms with Gasteiger partial charge in [0.05, 0.1) is 0 Å². The van der Waals surface area contributed by atoms with Gasteiger partial charge in [0.25, 0.3) is 0 Å². The number of benzene rings is 3. The van der Waals surface area contributed by atoms with Gasteiger partial charge in [0.1, 0.15) is 0 Å². The number of carbonyl (C=O) groups excluding carboxylic acids is 1. The third kappa shape index (κ3) is 3.01. The van der Waals surface area contributed by atoms with E-state index in [9.17, 15) is 4.79 Å². The van der Waals surface area contributed by atoms with Crippen LogP contribution in [0.2, 0.25) is 0 Å². The molecule has 0 aliphatic carbocycles. The number of fused-ring (bicyclic) bond motifs is 1. The van der Waals surface area contributed by atoms with Gasteiger partial charge in [-0.3, -0.25) is 4.79 Å². The lowest BCUT2D eigenvalue weighted by atomic mass is 10.0. The first kappa shape index (κ1) is 13.1. The number of hydrogen-bond acceptors (Lipinski definition) is 1. The Labute approximate surface area is 124 Å². The van der Waals surface area contributed by atoms with Gasteiger partial charge < -0.3 is 0 Å². The molecule has 0 unspecified atom stereocenters. The Morgan fingerprint density at radius 3 is 2.19 bits per heavy atom. The summed E-state index contributed by atoms with van der Waals surface area (Å²) in [6.45, 7) is 1.58. The fourth-order valence-corrected chi connectivity index (χ4v) is 2.21. The lowest BCUT2D eigenvalue weighted by Crippen LogP contribution is -1.91.